The van der Waals surface area contributed by atoms with Crippen molar-refractivity contribution in [3.05, 3.63) is 17.7 Å². The Kier molecular flexibility index (Phi) is 3.03. The van der Waals surface area contributed by atoms with E-state index in [4.69, 9.17) is 5.73 Å². The molecule has 2 aliphatic heterocycles. The zero-order valence-electron chi connectivity index (χ0n) is 12.3. The molecule has 0 atom stereocenters. The first-order valence-electron chi connectivity index (χ1n) is 7.92. The van der Waals surface area contributed by atoms with Crippen LogP contribution in [0.15, 0.2) is 12.1 Å². The third-order valence-corrected chi connectivity index (χ3v) is 4.87. The van der Waals surface area contributed by atoms with Crippen LogP contribution in [0, 0.1) is 0 Å². The average Bonchev–Trinajstić information content (AvgIpc) is 3.32. The molecule has 5 nitrogen and oxygen atoms in total. The Morgan fingerprint density at radius 2 is 1.86 bits per heavy atom. The lowest BCUT2D eigenvalue weighted by atomic mass is 10.0. The summed E-state index contributed by atoms with van der Waals surface area (Å²) in [7, 11) is 0. The number of amides is 1. The molecule has 0 unspecified atom stereocenters. The van der Waals surface area contributed by atoms with E-state index in [2.05, 4.69) is 21.2 Å². The van der Waals surface area contributed by atoms with E-state index < -0.39 is 0 Å². The van der Waals surface area contributed by atoms with Gasteiger partial charge in [0.25, 0.3) is 0 Å². The molecule has 0 spiro atoms. The van der Waals surface area contributed by atoms with Crippen LogP contribution in [-0.4, -0.2) is 43.0 Å². The molecule has 112 valence electrons. The highest BCUT2D eigenvalue weighted by atomic mass is 16.1. The number of nitrogens with zero attached hydrogens (tertiary/aromatic N) is 2. The Bertz CT molecular complexity index is 574. The Hall–Kier alpha value is -1.75. The Morgan fingerprint density at radius 1 is 1.10 bits per heavy atom. The molecule has 21 heavy (non-hydrogen) atoms. The molecule has 3 aliphatic rings. The largest absolute Gasteiger partial charge is 0.397 e. The normalized spacial score (nSPS) is 22.9. The van der Waals surface area contributed by atoms with Crippen molar-refractivity contribution in [2.75, 3.05) is 42.1 Å². The van der Waals surface area contributed by atoms with Crippen molar-refractivity contribution in [2.45, 2.75) is 31.7 Å². The van der Waals surface area contributed by atoms with Crippen LogP contribution < -0.4 is 16.0 Å². The monoisotopic (exact) mass is 286 g/mol. The molecule has 2 heterocycles. The quantitative estimate of drug-likeness (QED) is 0.808. The lowest BCUT2D eigenvalue weighted by Crippen LogP contribution is -2.47. The second-order valence-corrected chi connectivity index (χ2v) is 6.37. The number of rotatable bonds is 2. The fourth-order valence-corrected chi connectivity index (χ4v) is 3.48. The van der Waals surface area contributed by atoms with Crippen molar-refractivity contribution < 1.29 is 4.79 Å². The molecule has 0 bridgehead atoms. The van der Waals surface area contributed by atoms with Crippen molar-refractivity contribution in [3.8, 4) is 0 Å². The van der Waals surface area contributed by atoms with Gasteiger partial charge in [0.15, 0.2) is 0 Å². The number of hydrogen-bond acceptors (Lipinski definition) is 4. The van der Waals surface area contributed by atoms with Gasteiger partial charge in [-0.05, 0) is 37.0 Å². The minimum Gasteiger partial charge on any atom is -0.397 e. The number of anilines is 3. The SMILES string of the molecule is Nc1cc2c(cc1N1CCN(C3CC3)CC1)NC(=O)CC2. The summed E-state index contributed by atoms with van der Waals surface area (Å²) in [5, 5.41) is 2.97. The average molecular weight is 286 g/mol. The van der Waals surface area contributed by atoms with Gasteiger partial charge in [0.05, 0.1) is 11.4 Å². The number of fused-ring (bicyclic) bond motifs is 1. The van der Waals surface area contributed by atoms with Crippen molar-refractivity contribution in [1.29, 1.82) is 0 Å². The predicted molar refractivity (Wildman–Crippen MR) is 84.6 cm³/mol. The van der Waals surface area contributed by atoms with Gasteiger partial charge in [-0.25, -0.2) is 0 Å². The molecule has 1 saturated heterocycles. The molecule has 5 heteroatoms. The number of hydrogen-bond donors (Lipinski definition) is 2. The number of nitrogens with one attached hydrogen (secondary N) is 1. The van der Waals surface area contributed by atoms with Crippen LogP contribution in [0.1, 0.15) is 24.8 Å². The highest BCUT2D eigenvalue weighted by Crippen LogP contribution is 2.35. The number of carbonyl (C=O) groups excluding carboxylic acids is 1. The maximum absolute atomic E-state index is 11.6. The van der Waals surface area contributed by atoms with Crippen molar-refractivity contribution in [3.63, 3.8) is 0 Å². The summed E-state index contributed by atoms with van der Waals surface area (Å²) in [4.78, 5) is 16.5. The summed E-state index contributed by atoms with van der Waals surface area (Å²) in [6.45, 7) is 4.28. The topological polar surface area (TPSA) is 61.6 Å². The van der Waals surface area contributed by atoms with E-state index in [0.717, 1.165) is 61.3 Å². The Balaban J connectivity index is 1.54. The lowest BCUT2D eigenvalue weighted by Gasteiger charge is -2.37. The van der Waals surface area contributed by atoms with Gasteiger partial charge >= 0.3 is 0 Å². The van der Waals surface area contributed by atoms with E-state index in [9.17, 15) is 4.79 Å². The number of nitrogens with two attached hydrogens (primary N) is 1. The molecule has 3 N–H and O–H groups in total. The van der Waals surface area contributed by atoms with E-state index in [1.807, 2.05) is 6.07 Å². The van der Waals surface area contributed by atoms with E-state index in [-0.39, 0.29) is 5.91 Å². The molecule has 0 aromatic heterocycles. The molecule has 0 radical (unpaired) electrons. The molecule has 1 aromatic rings. The van der Waals surface area contributed by atoms with Gasteiger partial charge in [0.1, 0.15) is 0 Å². The van der Waals surface area contributed by atoms with Gasteiger partial charge in [0, 0.05) is 44.3 Å². The van der Waals surface area contributed by atoms with E-state index in [1.165, 1.54) is 12.8 Å². The molecule has 1 amide bonds. The van der Waals surface area contributed by atoms with Crippen LogP contribution in [0.5, 0.6) is 0 Å². The van der Waals surface area contributed by atoms with Crippen molar-refractivity contribution in [1.82, 2.24) is 4.90 Å². The standard InChI is InChI=1S/C16H22N4O/c17-13-9-11-1-4-16(21)18-14(11)10-15(13)20-7-5-19(6-8-20)12-2-3-12/h9-10,12H,1-8,17H2,(H,18,21). The Labute approximate surface area is 125 Å². The number of benzene rings is 1. The van der Waals surface area contributed by atoms with E-state index in [0.29, 0.717) is 6.42 Å². The molecular formula is C16H22N4O. The summed E-state index contributed by atoms with van der Waals surface area (Å²) >= 11 is 0. The summed E-state index contributed by atoms with van der Waals surface area (Å²) < 4.78 is 0. The predicted octanol–water partition coefficient (Wildman–Crippen LogP) is 1.44. The first-order chi connectivity index (χ1) is 10.2. The van der Waals surface area contributed by atoms with Crippen LogP contribution in [0.3, 0.4) is 0 Å². The third kappa shape index (κ3) is 2.46. The second-order valence-electron chi connectivity index (χ2n) is 6.37. The van der Waals surface area contributed by atoms with Crippen LogP contribution in [0.4, 0.5) is 17.1 Å². The highest BCUT2D eigenvalue weighted by Gasteiger charge is 2.31. The molecule has 1 aromatic carbocycles. The highest BCUT2D eigenvalue weighted by molar-refractivity contribution is 5.95. The fraction of sp³-hybridized carbons (Fsp3) is 0.562. The fourth-order valence-electron chi connectivity index (χ4n) is 3.48. The Morgan fingerprint density at radius 3 is 2.57 bits per heavy atom. The zero-order chi connectivity index (χ0) is 14.4. The minimum atomic E-state index is 0.108. The van der Waals surface area contributed by atoms with E-state index >= 15 is 0 Å². The molecule has 2 fully saturated rings. The van der Waals surface area contributed by atoms with Gasteiger partial charge in [-0.3, -0.25) is 9.69 Å². The number of nitrogen functional groups attached to an aromatic ring is 1. The van der Waals surface area contributed by atoms with Gasteiger partial charge in [-0.15, -0.1) is 0 Å². The van der Waals surface area contributed by atoms with Gasteiger partial charge in [-0.2, -0.15) is 0 Å². The zero-order valence-corrected chi connectivity index (χ0v) is 12.3. The van der Waals surface area contributed by atoms with Gasteiger partial charge in [-0.1, -0.05) is 0 Å². The number of carbonyl (C=O) groups is 1. The van der Waals surface area contributed by atoms with Gasteiger partial charge in [0.2, 0.25) is 5.91 Å². The first kappa shape index (κ1) is 13.0. The molecule has 4 rings (SSSR count). The minimum absolute atomic E-state index is 0.108. The second kappa shape index (κ2) is 4.91. The molecule has 1 aliphatic carbocycles. The molecular weight excluding hydrogens is 264 g/mol. The van der Waals surface area contributed by atoms with Crippen molar-refractivity contribution in [2.24, 2.45) is 0 Å². The van der Waals surface area contributed by atoms with Crippen LogP contribution in [-0.2, 0) is 11.2 Å². The van der Waals surface area contributed by atoms with E-state index in [1.54, 1.807) is 0 Å². The smallest absolute Gasteiger partial charge is 0.224 e. The number of aryl methyl sites for hydroxylation is 1. The molecule has 1 saturated carbocycles. The van der Waals surface area contributed by atoms with Crippen molar-refractivity contribution >= 4 is 23.0 Å². The summed E-state index contributed by atoms with van der Waals surface area (Å²) in [6.07, 6.45) is 4.09. The maximum atomic E-state index is 11.6. The number of piperazine rings is 1. The van der Waals surface area contributed by atoms with Crippen LogP contribution >= 0.6 is 0 Å². The summed E-state index contributed by atoms with van der Waals surface area (Å²) in [5.74, 6) is 0.108. The maximum Gasteiger partial charge on any atom is 0.224 e. The van der Waals surface area contributed by atoms with Crippen LogP contribution in [0.25, 0.3) is 0 Å². The summed E-state index contributed by atoms with van der Waals surface area (Å²) in [6, 6.07) is 4.94. The third-order valence-electron chi connectivity index (χ3n) is 4.87. The van der Waals surface area contributed by atoms with Crippen LogP contribution in [0.2, 0.25) is 0 Å². The lowest BCUT2D eigenvalue weighted by molar-refractivity contribution is -0.116. The van der Waals surface area contributed by atoms with Gasteiger partial charge < -0.3 is 16.0 Å². The summed E-state index contributed by atoms with van der Waals surface area (Å²) in [5.41, 5.74) is 10.3. The first-order valence-corrected chi connectivity index (χ1v) is 7.92.